The molecule has 2 fully saturated rings. The second kappa shape index (κ2) is 11.5. The van der Waals surface area contributed by atoms with Crippen LogP contribution in [0.5, 0.6) is 5.75 Å². The maximum absolute atomic E-state index is 12.6. The zero-order valence-electron chi connectivity index (χ0n) is 22.1. The molecule has 204 valence electrons. The van der Waals surface area contributed by atoms with Crippen molar-refractivity contribution in [2.24, 2.45) is 11.7 Å². The fraction of sp³-hybridized carbons (Fsp3) is 0.393. The van der Waals surface area contributed by atoms with Crippen LogP contribution in [0, 0.1) is 12.8 Å². The summed E-state index contributed by atoms with van der Waals surface area (Å²) in [5.74, 6) is 0.718. The molecular formula is C28H34N8O3. The predicted octanol–water partition coefficient (Wildman–Crippen LogP) is 3.57. The standard InChI is InChI=1S/C28H34N8O3/c1-18-5-7-20(8-6-18)25(39)31-22-10-9-21(17-23(22)37)30-26-32-27(35-13-3-2-4-14-35)34-28(33-26)36-15-11-19(12-16-36)24(29)38/h5-10,17,19,37H,2-4,11-16H2,1H3,(H2,29,38)(H,31,39)(H,30,32,33,34). The van der Waals surface area contributed by atoms with Gasteiger partial charge in [0.15, 0.2) is 0 Å². The van der Waals surface area contributed by atoms with Crippen LogP contribution in [-0.2, 0) is 4.79 Å². The van der Waals surface area contributed by atoms with Crippen molar-refractivity contribution in [1.82, 2.24) is 15.0 Å². The monoisotopic (exact) mass is 530 g/mol. The third-order valence-electron chi connectivity index (χ3n) is 7.25. The van der Waals surface area contributed by atoms with Gasteiger partial charge in [-0.3, -0.25) is 9.59 Å². The van der Waals surface area contributed by atoms with Gasteiger partial charge in [0.1, 0.15) is 5.75 Å². The summed E-state index contributed by atoms with van der Waals surface area (Å²) in [6.45, 7) is 4.97. The molecule has 0 aliphatic carbocycles. The lowest BCUT2D eigenvalue weighted by atomic mass is 9.96. The number of nitrogens with two attached hydrogens (primary N) is 1. The van der Waals surface area contributed by atoms with Crippen molar-refractivity contribution < 1.29 is 14.7 Å². The maximum atomic E-state index is 12.6. The van der Waals surface area contributed by atoms with Crippen LogP contribution in [0.25, 0.3) is 0 Å². The van der Waals surface area contributed by atoms with Crippen molar-refractivity contribution in [2.45, 2.75) is 39.0 Å². The van der Waals surface area contributed by atoms with Crippen LogP contribution in [0.1, 0.15) is 48.0 Å². The average molecular weight is 531 g/mol. The summed E-state index contributed by atoms with van der Waals surface area (Å²) in [7, 11) is 0. The minimum absolute atomic E-state index is 0.0838. The molecule has 2 aromatic carbocycles. The highest BCUT2D eigenvalue weighted by molar-refractivity contribution is 6.05. The highest BCUT2D eigenvalue weighted by Crippen LogP contribution is 2.30. The van der Waals surface area contributed by atoms with Crippen LogP contribution in [-0.4, -0.2) is 58.1 Å². The molecule has 1 aromatic heterocycles. The fourth-order valence-electron chi connectivity index (χ4n) is 4.89. The van der Waals surface area contributed by atoms with E-state index in [2.05, 4.69) is 30.4 Å². The number of nitrogens with one attached hydrogen (secondary N) is 2. The molecule has 3 aromatic rings. The number of phenols is 1. The number of amides is 2. The Morgan fingerprint density at radius 3 is 2.15 bits per heavy atom. The molecular weight excluding hydrogens is 496 g/mol. The number of hydrogen-bond donors (Lipinski definition) is 4. The Morgan fingerprint density at radius 2 is 1.54 bits per heavy atom. The number of anilines is 5. The molecule has 2 amide bonds. The molecule has 0 saturated carbocycles. The largest absolute Gasteiger partial charge is 0.506 e. The lowest BCUT2D eigenvalue weighted by Gasteiger charge is -2.32. The molecule has 0 spiro atoms. The van der Waals surface area contributed by atoms with E-state index in [9.17, 15) is 14.7 Å². The molecule has 2 aliphatic heterocycles. The van der Waals surface area contributed by atoms with Crippen LogP contribution in [0.15, 0.2) is 42.5 Å². The topological polar surface area (TPSA) is 150 Å². The number of aryl methyl sites for hydroxylation is 1. The van der Waals surface area contributed by atoms with Gasteiger partial charge < -0.3 is 31.3 Å². The Hall–Kier alpha value is -4.41. The van der Waals surface area contributed by atoms with E-state index < -0.39 is 0 Å². The van der Waals surface area contributed by atoms with Crippen LogP contribution in [0.3, 0.4) is 0 Å². The van der Waals surface area contributed by atoms with E-state index in [4.69, 9.17) is 10.7 Å². The van der Waals surface area contributed by atoms with Gasteiger partial charge in [0.05, 0.1) is 5.69 Å². The molecule has 3 heterocycles. The molecule has 5 rings (SSSR count). The summed E-state index contributed by atoms with van der Waals surface area (Å²) in [4.78, 5) is 42.5. The number of primary amides is 1. The summed E-state index contributed by atoms with van der Waals surface area (Å²) in [6.07, 6.45) is 4.67. The average Bonchev–Trinajstić information content (AvgIpc) is 2.95. The van der Waals surface area contributed by atoms with Gasteiger partial charge in [-0.2, -0.15) is 15.0 Å². The molecule has 0 atom stereocenters. The van der Waals surface area contributed by atoms with E-state index in [1.165, 1.54) is 12.5 Å². The molecule has 0 unspecified atom stereocenters. The van der Waals surface area contributed by atoms with E-state index in [1.807, 2.05) is 19.1 Å². The highest BCUT2D eigenvalue weighted by Gasteiger charge is 2.26. The zero-order chi connectivity index (χ0) is 27.4. The number of nitrogens with zero attached hydrogens (tertiary/aromatic N) is 5. The smallest absolute Gasteiger partial charge is 0.255 e. The molecule has 5 N–H and O–H groups in total. The normalized spacial score (nSPS) is 16.1. The van der Waals surface area contributed by atoms with Gasteiger partial charge in [0.25, 0.3) is 5.91 Å². The number of phenolic OH excluding ortho intramolecular Hbond substituents is 1. The number of aromatic hydroxyl groups is 1. The van der Waals surface area contributed by atoms with Crippen molar-refractivity contribution >= 4 is 41.0 Å². The van der Waals surface area contributed by atoms with Gasteiger partial charge >= 0.3 is 0 Å². The number of benzene rings is 2. The second-order valence-electron chi connectivity index (χ2n) is 10.1. The first kappa shape index (κ1) is 26.2. The van der Waals surface area contributed by atoms with E-state index in [1.54, 1.807) is 24.3 Å². The molecule has 11 nitrogen and oxygen atoms in total. The third-order valence-corrected chi connectivity index (χ3v) is 7.25. The van der Waals surface area contributed by atoms with Crippen molar-refractivity contribution in [3.05, 3.63) is 53.6 Å². The van der Waals surface area contributed by atoms with E-state index in [-0.39, 0.29) is 23.5 Å². The summed E-state index contributed by atoms with van der Waals surface area (Å²) < 4.78 is 0. The first-order valence-electron chi connectivity index (χ1n) is 13.4. The van der Waals surface area contributed by atoms with Gasteiger partial charge in [-0.15, -0.1) is 0 Å². The SMILES string of the molecule is Cc1ccc(C(=O)Nc2ccc(Nc3nc(N4CCCCC4)nc(N4CCC(C(N)=O)CC4)n3)cc2O)cc1. The zero-order valence-corrected chi connectivity index (χ0v) is 22.1. The van der Waals surface area contributed by atoms with Crippen LogP contribution in [0.4, 0.5) is 29.2 Å². The van der Waals surface area contributed by atoms with Gasteiger partial charge in [-0.25, -0.2) is 0 Å². The number of rotatable bonds is 7. The van der Waals surface area contributed by atoms with Gasteiger partial charge in [-0.1, -0.05) is 17.7 Å². The number of aromatic nitrogens is 3. The number of carbonyl (C=O) groups excluding carboxylic acids is 2. The Morgan fingerprint density at radius 1 is 0.897 bits per heavy atom. The molecule has 0 bridgehead atoms. The van der Waals surface area contributed by atoms with Gasteiger partial charge in [0, 0.05) is 49.4 Å². The Balaban J connectivity index is 1.34. The molecule has 11 heteroatoms. The summed E-state index contributed by atoms with van der Waals surface area (Å²) in [5.41, 5.74) is 7.94. The Labute approximate surface area is 227 Å². The maximum Gasteiger partial charge on any atom is 0.255 e. The summed E-state index contributed by atoms with van der Waals surface area (Å²) in [6, 6.07) is 12.1. The van der Waals surface area contributed by atoms with E-state index >= 15 is 0 Å². The van der Waals surface area contributed by atoms with Crippen LogP contribution in [0.2, 0.25) is 0 Å². The Bertz CT molecular complexity index is 1330. The minimum Gasteiger partial charge on any atom is -0.506 e. The van der Waals surface area contributed by atoms with Gasteiger partial charge in [0.2, 0.25) is 23.8 Å². The van der Waals surface area contributed by atoms with Crippen molar-refractivity contribution in [3.8, 4) is 5.75 Å². The third kappa shape index (κ3) is 6.36. The van der Waals surface area contributed by atoms with Crippen molar-refractivity contribution in [2.75, 3.05) is 46.6 Å². The lowest BCUT2D eigenvalue weighted by Crippen LogP contribution is -2.40. The number of piperidine rings is 2. The number of hydrogen-bond acceptors (Lipinski definition) is 9. The Kier molecular flexibility index (Phi) is 7.76. The molecule has 2 saturated heterocycles. The lowest BCUT2D eigenvalue weighted by molar-refractivity contribution is -0.122. The molecule has 39 heavy (non-hydrogen) atoms. The molecule has 2 aliphatic rings. The summed E-state index contributed by atoms with van der Waals surface area (Å²) in [5, 5.41) is 16.6. The highest BCUT2D eigenvalue weighted by atomic mass is 16.3. The molecule has 0 radical (unpaired) electrons. The first-order chi connectivity index (χ1) is 18.9. The van der Waals surface area contributed by atoms with Gasteiger partial charge in [-0.05, 0) is 63.3 Å². The summed E-state index contributed by atoms with van der Waals surface area (Å²) >= 11 is 0. The van der Waals surface area contributed by atoms with Crippen LogP contribution < -0.4 is 26.2 Å². The number of carbonyl (C=O) groups is 2. The van der Waals surface area contributed by atoms with Crippen molar-refractivity contribution in [3.63, 3.8) is 0 Å². The quantitative estimate of drug-likeness (QED) is 0.336. The predicted molar refractivity (Wildman–Crippen MR) is 151 cm³/mol. The van der Waals surface area contributed by atoms with E-state index in [0.29, 0.717) is 60.7 Å². The fourth-order valence-corrected chi connectivity index (χ4v) is 4.89. The van der Waals surface area contributed by atoms with Crippen molar-refractivity contribution in [1.29, 1.82) is 0 Å². The van der Waals surface area contributed by atoms with Crippen LogP contribution >= 0.6 is 0 Å². The second-order valence-corrected chi connectivity index (χ2v) is 10.1. The first-order valence-corrected chi connectivity index (χ1v) is 13.4. The van der Waals surface area contributed by atoms with E-state index in [0.717, 1.165) is 31.5 Å². The minimum atomic E-state index is -0.306.